The van der Waals surface area contributed by atoms with Crippen molar-refractivity contribution in [3.8, 4) is 0 Å². The average Bonchev–Trinajstić information content (AvgIpc) is 2.35. The lowest BCUT2D eigenvalue weighted by Crippen LogP contribution is -2.50. The third kappa shape index (κ3) is 3.98. The van der Waals surface area contributed by atoms with Gasteiger partial charge >= 0.3 is 12.0 Å². The van der Waals surface area contributed by atoms with E-state index in [1.54, 1.807) is 18.7 Å². The van der Waals surface area contributed by atoms with Crippen LogP contribution in [-0.4, -0.2) is 41.6 Å². The van der Waals surface area contributed by atoms with Crippen LogP contribution in [0.4, 0.5) is 4.79 Å². The van der Waals surface area contributed by atoms with Crippen LogP contribution in [0.2, 0.25) is 0 Å². The fourth-order valence-electron chi connectivity index (χ4n) is 2.26. The zero-order valence-electron chi connectivity index (χ0n) is 12.0. The van der Waals surface area contributed by atoms with Crippen LogP contribution in [0.15, 0.2) is 12.2 Å². The van der Waals surface area contributed by atoms with E-state index in [0.717, 1.165) is 18.4 Å². The molecule has 1 unspecified atom stereocenters. The molecule has 1 heterocycles. The maximum absolute atomic E-state index is 12.0. The van der Waals surface area contributed by atoms with Crippen LogP contribution in [0.3, 0.4) is 0 Å². The number of piperidine rings is 1. The van der Waals surface area contributed by atoms with Crippen LogP contribution in [0.5, 0.6) is 0 Å². The lowest BCUT2D eigenvalue weighted by Gasteiger charge is -2.39. The minimum Gasteiger partial charge on any atom is -0.481 e. The van der Waals surface area contributed by atoms with Crippen molar-refractivity contribution in [2.75, 3.05) is 19.6 Å². The molecule has 0 spiro atoms. The average molecular weight is 268 g/mol. The summed E-state index contributed by atoms with van der Waals surface area (Å²) in [5, 5.41) is 12.1. The second-order valence-corrected chi connectivity index (χ2v) is 5.93. The molecule has 108 valence electrons. The van der Waals surface area contributed by atoms with Gasteiger partial charge in [-0.3, -0.25) is 4.79 Å². The zero-order valence-corrected chi connectivity index (χ0v) is 12.0. The van der Waals surface area contributed by atoms with Crippen molar-refractivity contribution >= 4 is 12.0 Å². The number of nitrogens with one attached hydrogen (secondary N) is 1. The topological polar surface area (TPSA) is 69.6 Å². The highest BCUT2D eigenvalue weighted by Gasteiger charge is 2.39. The minimum absolute atomic E-state index is 0.00525. The molecule has 0 bridgehead atoms. The second kappa shape index (κ2) is 6.08. The third-order valence-electron chi connectivity index (χ3n) is 3.82. The summed E-state index contributed by atoms with van der Waals surface area (Å²) in [5.74, 6) is -0.809. The molecular formula is C14H24N2O3. The Labute approximate surface area is 114 Å². The van der Waals surface area contributed by atoms with E-state index >= 15 is 0 Å². The summed E-state index contributed by atoms with van der Waals surface area (Å²) in [4.78, 5) is 25.0. The Balaban J connectivity index is 2.62. The number of hydrogen-bond acceptors (Lipinski definition) is 2. The number of nitrogens with zero attached hydrogens (tertiary/aromatic N) is 1. The van der Waals surface area contributed by atoms with Crippen LogP contribution in [0.25, 0.3) is 0 Å². The molecule has 1 atom stereocenters. The Kier molecular flexibility index (Phi) is 4.97. The molecule has 19 heavy (non-hydrogen) atoms. The van der Waals surface area contributed by atoms with E-state index in [1.807, 2.05) is 6.92 Å². The number of carbonyl (C=O) groups is 2. The van der Waals surface area contributed by atoms with Crippen molar-refractivity contribution in [2.45, 2.75) is 33.6 Å². The first-order valence-corrected chi connectivity index (χ1v) is 6.65. The predicted octanol–water partition coefficient (Wildman–Crippen LogP) is 2.09. The number of carboxylic acids is 1. The van der Waals surface area contributed by atoms with Gasteiger partial charge in [-0.25, -0.2) is 4.79 Å². The van der Waals surface area contributed by atoms with Crippen molar-refractivity contribution in [2.24, 2.45) is 11.3 Å². The summed E-state index contributed by atoms with van der Waals surface area (Å²) in [6.45, 7) is 10.7. The van der Waals surface area contributed by atoms with Crippen molar-refractivity contribution in [3.05, 3.63) is 12.2 Å². The zero-order chi connectivity index (χ0) is 14.6. The van der Waals surface area contributed by atoms with Gasteiger partial charge in [0.2, 0.25) is 0 Å². The second-order valence-electron chi connectivity index (χ2n) is 5.93. The van der Waals surface area contributed by atoms with Crippen LogP contribution in [0, 0.1) is 11.3 Å². The van der Waals surface area contributed by atoms with Crippen LogP contribution in [0.1, 0.15) is 33.6 Å². The first-order valence-electron chi connectivity index (χ1n) is 6.65. The monoisotopic (exact) mass is 268 g/mol. The highest BCUT2D eigenvalue weighted by molar-refractivity contribution is 5.76. The first-order chi connectivity index (χ1) is 8.75. The summed E-state index contributed by atoms with van der Waals surface area (Å²) in [6, 6.07) is -0.131. The molecule has 0 saturated carbocycles. The van der Waals surface area contributed by atoms with Crippen molar-refractivity contribution < 1.29 is 14.7 Å². The third-order valence-corrected chi connectivity index (χ3v) is 3.82. The van der Waals surface area contributed by atoms with E-state index in [4.69, 9.17) is 0 Å². The van der Waals surface area contributed by atoms with Gasteiger partial charge in [0.1, 0.15) is 0 Å². The van der Waals surface area contributed by atoms with Gasteiger partial charge in [-0.2, -0.15) is 0 Å². The number of carboxylic acid groups (broad SMARTS) is 1. The number of likely N-dealkylation sites (tertiary alicyclic amines) is 1. The van der Waals surface area contributed by atoms with Gasteiger partial charge < -0.3 is 15.3 Å². The molecule has 0 aromatic rings. The highest BCUT2D eigenvalue weighted by atomic mass is 16.4. The molecule has 1 aliphatic heterocycles. The number of hydrogen-bond donors (Lipinski definition) is 2. The highest BCUT2D eigenvalue weighted by Crippen LogP contribution is 2.34. The Morgan fingerprint density at radius 3 is 2.63 bits per heavy atom. The van der Waals surface area contributed by atoms with Gasteiger partial charge in [0.25, 0.3) is 0 Å². The summed E-state index contributed by atoms with van der Waals surface area (Å²) in [6.07, 6.45) is 1.70. The molecule has 2 amide bonds. The van der Waals surface area contributed by atoms with Gasteiger partial charge in [0.15, 0.2) is 0 Å². The molecule has 2 N–H and O–H groups in total. The summed E-state index contributed by atoms with van der Waals surface area (Å²) in [7, 11) is 0. The number of amides is 2. The Morgan fingerprint density at radius 2 is 2.11 bits per heavy atom. The van der Waals surface area contributed by atoms with Crippen molar-refractivity contribution in [3.63, 3.8) is 0 Å². The van der Waals surface area contributed by atoms with Gasteiger partial charge in [-0.15, -0.1) is 0 Å². The lowest BCUT2D eigenvalue weighted by atomic mass is 9.74. The molecule has 0 aliphatic carbocycles. The van der Waals surface area contributed by atoms with E-state index in [1.165, 1.54) is 0 Å². The standard InChI is InChI=1S/C14H24N2O3/c1-10(2)8-15-13(19)16-7-5-6-11(9-16)14(3,4)12(17)18/h11H,1,5-9H2,2-4H3,(H,15,19)(H,17,18). The number of aliphatic carboxylic acids is 1. The Hall–Kier alpha value is -1.52. The Bertz CT molecular complexity index is 377. The Morgan fingerprint density at radius 1 is 1.47 bits per heavy atom. The van der Waals surface area contributed by atoms with Crippen LogP contribution >= 0.6 is 0 Å². The predicted molar refractivity (Wildman–Crippen MR) is 73.9 cm³/mol. The number of urea groups is 1. The van der Waals surface area contributed by atoms with E-state index in [9.17, 15) is 14.7 Å². The lowest BCUT2D eigenvalue weighted by molar-refractivity contribution is -0.151. The summed E-state index contributed by atoms with van der Waals surface area (Å²) in [5.41, 5.74) is 0.0978. The molecule has 0 aromatic carbocycles. The SMILES string of the molecule is C=C(C)CNC(=O)N1CCCC(C(C)(C)C(=O)O)C1. The molecule has 1 rings (SSSR count). The quantitative estimate of drug-likeness (QED) is 0.767. The fraction of sp³-hybridized carbons (Fsp3) is 0.714. The molecule has 5 nitrogen and oxygen atoms in total. The first kappa shape index (κ1) is 15.5. The molecule has 1 fully saturated rings. The molecule has 1 saturated heterocycles. The summed E-state index contributed by atoms with van der Waals surface area (Å²) >= 11 is 0. The van der Waals surface area contributed by atoms with Crippen LogP contribution in [-0.2, 0) is 4.79 Å². The molecule has 1 aliphatic rings. The van der Waals surface area contributed by atoms with E-state index in [-0.39, 0.29) is 11.9 Å². The molecule has 0 radical (unpaired) electrons. The largest absolute Gasteiger partial charge is 0.481 e. The smallest absolute Gasteiger partial charge is 0.317 e. The normalized spacial score (nSPS) is 19.9. The van der Waals surface area contributed by atoms with Gasteiger partial charge in [-0.1, -0.05) is 12.2 Å². The van der Waals surface area contributed by atoms with E-state index in [2.05, 4.69) is 11.9 Å². The molecule has 5 heteroatoms. The van der Waals surface area contributed by atoms with Crippen LogP contribution < -0.4 is 5.32 Å². The van der Waals surface area contributed by atoms with E-state index < -0.39 is 11.4 Å². The number of carbonyl (C=O) groups excluding carboxylic acids is 1. The van der Waals surface area contributed by atoms with Gasteiger partial charge in [0.05, 0.1) is 5.41 Å². The van der Waals surface area contributed by atoms with Gasteiger partial charge in [-0.05, 0) is 39.5 Å². The summed E-state index contributed by atoms with van der Waals surface area (Å²) < 4.78 is 0. The molecular weight excluding hydrogens is 244 g/mol. The maximum Gasteiger partial charge on any atom is 0.317 e. The fourth-order valence-corrected chi connectivity index (χ4v) is 2.26. The maximum atomic E-state index is 12.0. The van der Waals surface area contributed by atoms with E-state index in [0.29, 0.717) is 19.6 Å². The van der Waals surface area contributed by atoms with Gasteiger partial charge in [0, 0.05) is 19.6 Å². The van der Waals surface area contributed by atoms with Crippen molar-refractivity contribution in [1.82, 2.24) is 10.2 Å². The number of rotatable bonds is 4. The minimum atomic E-state index is -0.804. The van der Waals surface area contributed by atoms with Crippen molar-refractivity contribution in [1.29, 1.82) is 0 Å². The molecule has 0 aromatic heterocycles.